The van der Waals surface area contributed by atoms with Gasteiger partial charge in [-0.3, -0.25) is 0 Å². The van der Waals surface area contributed by atoms with Crippen LogP contribution < -0.4 is 4.74 Å². The van der Waals surface area contributed by atoms with E-state index in [0.29, 0.717) is 18.4 Å². The highest BCUT2D eigenvalue weighted by molar-refractivity contribution is 5.96. The molecule has 0 aromatic heterocycles. The largest absolute Gasteiger partial charge is 0.504 e. The molecule has 0 unspecified atom stereocenters. The summed E-state index contributed by atoms with van der Waals surface area (Å²) >= 11 is 0. The Kier molecular flexibility index (Phi) is 7.39. The third-order valence-electron chi connectivity index (χ3n) is 5.46. The van der Waals surface area contributed by atoms with Crippen molar-refractivity contribution in [2.24, 2.45) is 0 Å². The van der Waals surface area contributed by atoms with Gasteiger partial charge >= 0.3 is 5.97 Å². The molecule has 1 aromatic rings. The Balaban J connectivity index is 1.84. The highest BCUT2D eigenvalue weighted by Gasteiger charge is 2.46. The van der Waals surface area contributed by atoms with Gasteiger partial charge in [-0.2, -0.15) is 0 Å². The van der Waals surface area contributed by atoms with E-state index in [9.17, 15) is 30.3 Å². The zero-order chi connectivity index (χ0) is 22.7. The van der Waals surface area contributed by atoms with Crippen LogP contribution in [-0.2, 0) is 20.6 Å². The molecule has 1 fully saturated rings. The van der Waals surface area contributed by atoms with Crippen LogP contribution in [-0.4, -0.2) is 82.0 Å². The van der Waals surface area contributed by atoms with E-state index >= 15 is 0 Å². The number of esters is 1. The highest BCUT2D eigenvalue weighted by atomic mass is 16.7. The monoisotopic (exact) mass is 440 g/mol. The predicted molar refractivity (Wildman–Crippen MR) is 106 cm³/mol. The predicted octanol–water partition coefficient (Wildman–Crippen LogP) is 0.368. The van der Waals surface area contributed by atoms with Crippen molar-refractivity contribution in [2.75, 3.05) is 13.7 Å². The number of methoxy groups -OCH3 is 1. The van der Waals surface area contributed by atoms with E-state index in [4.69, 9.17) is 18.9 Å². The van der Waals surface area contributed by atoms with Crippen LogP contribution in [0.2, 0.25) is 0 Å². The molecular formula is C21H28O10. The number of aliphatic hydroxyl groups excluding tert-OH is 3. The van der Waals surface area contributed by atoms with Gasteiger partial charge < -0.3 is 44.5 Å². The molecule has 5 N–H and O–H groups in total. The molecule has 1 aromatic carbocycles. The summed E-state index contributed by atoms with van der Waals surface area (Å²) in [5, 5.41) is 51.0. The molecule has 1 saturated heterocycles. The highest BCUT2D eigenvalue weighted by Crippen LogP contribution is 2.44. The molecule has 0 amide bonds. The fourth-order valence-electron chi connectivity index (χ4n) is 3.86. The van der Waals surface area contributed by atoms with Crippen molar-refractivity contribution in [2.45, 2.75) is 63.0 Å². The molecule has 3 rings (SSSR count). The Labute approximate surface area is 179 Å². The van der Waals surface area contributed by atoms with Gasteiger partial charge in [0.2, 0.25) is 12.0 Å². The van der Waals surface area contributed by atoms with Crippen molar-refractivity contribution >= 4 is 5.97 Å². The van der Waals surface area contributed by atoms with Gasteiger partial charge in [-0.05, 0) is 31.4 Å². The van der Waals surface area contributed by atoms with Crippen molar-refractivity contribution < 1.29 is 49.3 Å². The van der Waals surface area contributed by atoms with Crippen molar-refractivity contribution in [3.8, 4) is 17.2 Å². The molecule has 10 nitrogen and oxygen atoms in total. The number of benzene rings is 1. The molecule has 2 aliphatic heterocycles. The molecule has 6 atom stereocenters. The Morgan fingerprint density at radius 1 is 1.26 bits per heavy atom. The lowest BCUT2D eigenvalue weighted by molar-refractivity contribution is -0.282. The van der Waals surface area contributed by atoms with Crippen molar-refractivity contribution in [3.05, 3.63) is 29.3 Å². The average molecular weight is 440 g/mol. The lowest BCUT2D eigenvalue weighted by Crippen LogP contribution is -2.60. The number of allylic oxidation sites excluding steroid dienone is 2. The van der Waals surface area contributed by atoms with Crippen LogP contribution in [0.15, 0.2) is 18.2 Å². The molecule has 0 radical (unpaired) electrons. The fourth-order valence-corrected chi connectivity index (χ4v) is 3.86. The standard InChI is InChI=1S/C21H28O10/c1-3-4-5-6-11-7-10-8-12(23)18(15(24)14(10)20(27)29-11)31-21-17(26)16(25)19(28-2)13(9-22)30-21/h3-4,8,11,13,16-17,19,21-26H,5-7,9H2,1-2H3/b4-3+/t11-,13+,16+,17+,19+,21-/m0/s1. The van der Waals surface area contributed by atoms with Crippen LogP contribution in [0.1, 0.15) is 35.7 Å². The number of phenols is 2. The lowest BCUT2D eigenvalue weighted by atomic mass is 9.94. The van der Waals surface area contributed by atoms with E-state index in [2.05, 4.69) is 0 Å². The van der Waals surface area contributed by atoms with Crippen LogP contribution in [0, 0.1) is 0 Å². The van der Waals surface area contributed by atoms with Gasteiger partial charge in [-0.15, -0.1) is 0 Å². The summed E-state index contributed by atoms with van der Waals surface area (Å²) in [6, 6.07) is 1.29. The van der Waals surface area contributed by atoms with Crippen LogP contribution in [0.4, 0.5) is 0 Å². The summed E-state index contributed by atoms with van der Waals surface area (Å²) in [6.07, 6.45) is -1.60. The summed E-state index contributed by atoms with van der Waals surface area (Å²) in [5.41, 5.74) is 0.260. The topological polar surface area (TPSA) is 155 Å². The number of cyclic esters (lactones) is 1. The number of fused-ring (bicyclic) bond motifs is 1. The van der Waals surface area contributed by atoms with Gasteiger partial charge in [0, 0.05) is 13.5 Å². The minimum atomic E-state index is -1.62. The van der Waals surface area contributed by atoms with E-state index in [1.54, 1.807) is 0 Å². The van der Waals surface area contributed by atoms with Gasteiger partial charge in [0.25, 0.3) is 0 Å². The molecule has 10 heteroatoms. The van der Waals surface area contributed by atoms with Crippen LogP contribution in [0.3, 0.4) is 0 Å². The second kappa shape index (κ2) is 9.84. The molecular weight excluding hydrogens is 412 g/mol. The maximum Gasteiger partial charge on any atom is 0.342 e. The first-order chi connectivity index (χ1) is 14.8. The fraction of sp³-hybridized carbons (Fsp3) is 0.571. The number of carbonyl (C=O) groups excluding carboxylic acids is 1. The van der Waals surface area contributed by atoms with Crippen molar-refractivity contribution in [3.63, 3.8) is 0 Å². The van der Waals surface area contributed by atoms with Crippen molar-refractivity contribution in [1.29, 1.82) is 0 Å². The number of phenolic OH excluding ortho intramolecular Hbond substituents is 2. The Morgan fingerprint density at radius 3 is 2.65 bits per heavy atom. The van der Waals surface area contributed by atoms with E-state index in [-0.39, 0.29) is 5.56 Å². The summed E-state index contributed by atoms with van der Waals surface area (Å²) in [6.45, 7) is 1.36. The summed E-state index contributed by atoms with van der Waals surface area (Å²) in [4.78, 5) is 12.5. The third kappa shape index (κ3) is 4.63. The summed E-state index contributed by atoms with van der Waals surface area (Å²) in [7, 11) is 1.28. The maximum atomic E-state index is 12.5. The Hall–Kier alpha value is -2.37. The minimum Gasteiger partial charge on any atom is -0.504 e. The maximum absolute atomic E-state index is 12.5. The smallest absolute Gasteiger partial charge is 0.342 e. The Morgan fingerprint density at radius 2 is 2.00 bits per heavy atom. The number of rotatable bonds is 7. The van der Waals surface area contributed by atoms with Gasteiger partial charge in [-0.1, -0.05) is 12.2 Å². The number of aromatic hydroxyl groups is 2. The quantitative estimate of drug-likeness (QED) is 0.297. The Bertz CT molecular complexity index is 821. The molecule has 0 saturated carbocycles. The third-order valence-corrected chi connectivity index (χ3v) is 5.46. The van der Waals surface area contributed by atoms with Gasteiger partial charge in [0.1, 0.15) is 36.1 Å². The number of hydrogen-bond acceptors (Lipinski definition) is 10. The number of hydrogen-bond donors (Lipinski definition) is 5. The molecule has 2 aliphatic rings. The average Bonchev–Trinajstić information content (AvgIpc) is 2.73. The SMILES string of the molecule is C/C=C/CC[C@H]1Cc2cc(O)c(O[C@@H]3O[C@H](CO)[C@@H](OC)[C@H](O)[C@H]3O)c(O)c2C(=O)O1. The first-order valence-corrected chi connectivity index (χ1v) is 10.0. The second-order valence-electron chi connectivity index (χ2n) is 7.51. The number of carbonyl (C=O) groups is 1. The van der Waals surface area contributed by atoms with E-state index in [0.717, 1.165) is 6.42 Å². The van der Waals surface area contributed by atoms with E-state index in [1.807, 2.05) is 19.1 Å². The van der Waals surface area contributed by atoms with Gasteiger partial charge in [-0.25, -0.2) is 4.79 Å². The van der Waals surface area contributed by atoms with Gasteiger partial charge in [0.15, 0.2) is 11.5 Å². The summed E-state index contributed by atoms with van der Waals surface area (Å²) < 4.78 is 21.3. The molecule has 172 valence electrons. The minimum absolute atomic E-state index is 0.144. The first-order valence-electron chi connectivity index (χ1n) is 10.0. The second-order valence-corrected chi connectivity index (χ2v) is 7.51. The van der Waals surface area contributed by atoms with Crippen molar-refractivity contribution in [1.82, 2.24) is 0 Å². The number of ether oxygens (including phenoxy) is 4. The first kappa shape index (κ1) is 23.3. The zero-order valence-corrected chi connectivity index (χ0v) is 17.3. The molecule has 2 heterocycles. The lowest BCUT2D eigenvalue weighted by Gasteiger charge is -2.41. The molecule has 0 bridgehead atoms. The summed E-state index contributed by atoms with van der Waals surface area (Å²) in [5.74, 6) is -2.40. The normalized spacial score (nSPS) is 30.8. The molecule has 31 heavy (non-hydrogen) atoms. The molecule has 0 spiro atoms. The van der Waals surface area contributed by atoms with Crippen LogP contribution in [0.25, 0.3) is 0 Å². The van der Waals surface area contributed by atoms with Crippen LogP contribution in [0.5, 0.6) is 17.2 Å². The number of aliphatic hydroxyl groups is 3. The van der Waals surface area contributed by atoms with E-state index in [1.165, 1.54) is 13.2 Å². The van der Waals surface area contributed by atoms with E-state index < -0.39 is 66.6 Å². The molecule has 0 aliphatic carbocycles. The zero-order valence-electron chi connectivity index (χ0n) is 17.3. The van der Waals surface area contributed by atoms with Crippen LogP contribution >= 0.6 is 0 Å². The van der Waals surface area contributed by atoms with Gasteiger partial charge in [0.05, 0.1) is 6.61 Å².